The van der Waals surface area contributed by atoms with Gasteiger partial charge < -0.3 is 9.47 Å². The summed E-state index contributed by atoms with van der Waals surface area (Å²) < 4.78 is 12.2. The van der Waals surface area contributed by atoms with E-state index in [4.69, 9.17) is 9.47 Å². The molecular formula is C18H15N3O3. The molecule has 6 heteroatoms. The lowest BCUT2D eigenvalue weighted by atomic mass is 10.2. The highest BCUT2D eigenvalue weighted by Gasteiger charge is 2.15. The van der Waals surface area contributed by atoms with Gasteiger partial charge >= 0.3 is 0 Å². The van der Waals surface area contributed by atoms with Crippen molar-refractivity contribution in [3.8, 4) is 11.5 Å². The van der Waals surface area contributed by atoms with Crippen LogP contribution >= 0.6 is 0 Å². The number of para-hydroxylation sites is 1. The van der Waals surface area contributed by atoms with Crippen LogP contribution in [0.2, 0.25) is 0 Å². The number of methoxy groups -OCH3 is 2. The third-order valence-corrected chi connectivity index (χ3v) is 4.12. The Labute approximate surface area is 137 Å². The van der Waals surface area contributed by atoms with Gasteiger partial charge in [-0.2, -0.15) is 0 Å². The van der Waals surface area contributed by atoms with E-state index in [9.17, 15) is 4.79 Å². The van der Waals surface area contributed by atoms with E-state index < -0.39 is 0 Å². The molecule has 0 bridgehead atoms. The molecule has 0 aliphatic rings. The Morgan fingerprint density at radius 3 is 2.38 bits per heavy atom. The van der Waals surface area contributed by atoms with E-state index in [0.717, 1.165) is 5.39 Å². The van der Waals surface area contributed by atoms with Crippen LogP contribution in [-0.4, -0.2) is 28.6 Å². The van der Waals surface area contributed by atoms with E-state index in [1.165, 1.54) is 4.40 Å². The predicted molar refractivity (Wildman–Crippen MR) is 92.1 cm³/mol. The standard InChI is InChI=1S/C18H15N3O3/c1-10-19-14-9-16(24-3)15(23-2)8-12(14)17-20-13-7-5-4-6-11(13)18(22)21(10)17/h4-9H,1-3H3. The topological polar surface area (TPSA) is 65.7 Å². The normalized spacial score (nSPS) is 11.3. The Balaban J connectivity index is 2.26. The molecule has 0 N–H and O–H groups in total. The third kappa shape index (κ3) is 1.93. The Bertz CT molecular complexity index is 1170. The molecule has 0 atom stereocenters. The van der Waals surface area contributed by atoms with E-state index in [1.807, 2.05) is 18.2 Å². The number of aryl methyl sites for hydroxylation is 1. The fraction of sp³-hybridized carbons (Fsp3) is 0.167. The Kier molecular flexibility index (Phi) is 3.13. The van der Waals surface area contributed by atoms with Gasteiger partial charge in [0.1, 0.15) is 5.82 Å². The zero-order valence-corrected chi connectivity index (χ0v) is 13.5. The lowest BCUT2D eigenvalue weighted by Gasteiger charge is -2.12. The molecule has 0 unspecified atom stereocenters. The van der Waals surface area contributed by atoms with Crippen LogP contribution in [0.25, 0.3) is 27.5 Å². The molecule has 2 heterocycles. The third-order valence-electron chi connectivity index (χ3n) is 4.12. The van der Waals surface area contributed by atoms with Gasteiger partial charge in [-0.1, -0.05) is 12.1 Å². The number of hydrogen-bond acceptors (Lipinski definition) is 5. The van der Waals surface area contributed by atoms with Gasteiger partial charge in [0, 0.05) is 11.5 Å². The molecular weight excluding hydrogens is 306 g/mol. The van der Waals surface area contributed by atoms with Crippen LogP contribution in [0.3, 0.4) is 0 Å². The highest BCUT2D eigenvalue weighted by Crippen LogP contribution is 2.33. The van der Waals surface area contributed by atoms with E-state index in [0.29, 0.717) is 39.4 Å². The van der Waals surface area contributed by atoms with E-state index in [2.05, 4.69) is 9.97 Å². The van der Waals surface area contributed by atoms with Gasteiger partial charge in [-0.15, -0.1) is 0 Å². The van der Waals surface area contributed by atoms with Crippen LogP contribution in [0.4, 0.5) is 0 Å². The smallest absolute Gasteiger partial charge is 0.267 e. The summed E-state index contributed by atoms with van der Waals surface area (Å²) in [5, 5.41) is 1.31. The number of rotatable bonds is 2. The van der Waals surface area contributed by atoms with Crippen molar-refractivity contribution in [2.75, 3.05) is 14.2 Å². The number of aromatic nitrogens is 3. The maximum Gasteiger partial charge on any atom is 0.267 e. The molecule has 4 rings (SSSR count). The first-order chi connectivity index (χ1) is 11.6. The first kappa shape index (κ1) is 14.4. The van der Waals surface area contributed by atoms with Crippen molar-refractivity contribution < 1.29 is 9.47 Å². The fourth-order valence-corrected chi connectivity index (χ4v) is 2.98. The van der Waals surface area contributed by atoms with Crippen molar-refractivity contribution in [1.82, 2.24) is 14.4 Å². The van der Waals surface area contributed by atoms with Crippen molar-refractivity contribution in [3.05, 3.63) is 52.6 Å². The first-order valence-corrected chi connectivity index (χ1v) is 7.48. The van der Waals surface area contributed by atoms with Crippen molar-refractivity contribution in [3.63, 3.8) is 0 Å². The molecule has 0 saturated heterocycles. The lowest BCUT2D eigenvalue weighted by Crippen LogP contribution is -2.19. The Morgan fingerprint density at radius 1 is 0.917 bits per heavy atom. The average Bonchev–Trinajstić information content (AvgIpc) is 2.60. The van der Waals surface area contributed by atoms with Crippen LogP contribution in [0.5, 0.6) is 11.5 Å². The zero-order valence-electron chi connectivity index (χ0n) is 13.5. The molecule has 0 fully saturated rings. The minimum atomic E-state index is -0.128. The second-order valence-electron chi connectivity index (χ2n) is 5.48. The minimum Gasteiger partial charge on any atom is -0.493 e. The fourth-order valence-electron chi connectivity index (χ4n) is 2.98. The Hall–Kier alpha value is -3.15. The molecule has 2 aromatic heterocycles. The summed E-state index contributed by atoms with van der Waals surface area (Å²) in [5.74, 6) is 1.73. The number of fused-ring (bicyclic) bond motifs is 4. The maximum atomic E-state index is 12.9. The molecule has 0 spiro atoms. The van der Waals surface area contributed by atoms with Crippen LogP contribution in [0.15, 0.2) is 41.2 Å². The number of hydrogen-bond donors (Lipinski definition) is 0. The summed E-state index contributed by atoms with van der Waals surface area (Å²) >= 11 is 0. The summed E-state index contributed by atoms with van der Waals surface area (Å²) in [4.78, 5) is 22.1. The van der Waals surface area contributed by atoms with E-state index in [1.54, 1.807) is 39.3 Å². The largest absolute Gasteiger partial charge is 0.493 e. The van der Waals surface area contributed by atoms with Gasteiger partial charge in [0.2, 0.25) is 0 Å². The van der Waals surface area contributed by atoms with Gasteiger partial charge in [-0.05, 0) is 25.1 Å². The molecule has 0 aliphatic heterocycles. The molecule has 0 saturated carbocycles. The number of benzene rings is 2. The summed E-state index contributed by atoms with van der Waals surface area (Å²) in [6.07, 6.45) is 0. The van der Waals surface area contributed by atoms with Crippen molar-refractivity contribution in [1.29, 1.82) is 0 Å². The van der Waals surface area contributed by atoms with Gasteiger partial charge in [-0.25, -0.2) is 14.4 Å². The average molecular weight is 321 g/mol. The number of ether oxygens (including phenoxy) is 2. The van der Waals surface area contributed by atoms with Gasteiger partial charge in [0.25, 0.3) is 5.56 Å². The second kappa shape index (κ2) is 5.19. The summed E-state index contributed by atoms with van der Waals surface area (Å²) in [6.45, 7) is 1.79. The summed E-state index contributed by atoms with van der Waals surface area (Å²) in [7, 11) is 3.15. The van der Waals surface area contributed by atoms with Gasteiger partial charge in [0.15, 0.2) is 17.1 Å². The highest BCUT2D eigenvalue weighted by atomic mass is 16.5. The van der Waals surface area contributed by atoms with E-state index >= 15 is 0 Å². The van der Waals surface area contributed by atoms with Crippen molar-refractivity contribution in [2.45, 2.75) is 6.92 Å². The van der Waals surface area contributed by atoms with Crippen molar-refractivity contribution in [2.24, 2.45) is 0 Å². The molecule has 120 valence electrons. The highest BCUT2D eigenvalue weighted by molar-refractivity contribution is 5.96. The van der Waals surface area contributed by atoms with Gasteiger partial charge in [-0.3, -0.25) is 4.79 Å². The summed E-state index contributed by atoms with van der Waals surface area (Å²) in [5.41, 5.74) is 1.79. The summed E-state index contributed by atoms with van der Waals surface area (Å²) in [6, 6.07) is 10.9. The monoisotopic (exact) mass is 321 g/mol. The van der Waals surface area contributed by atoms with Crippen LogP contribution in [0.1, 0.15) is 5.82 Å². The maximum absolute atomic E-state index is 12.9. The Morgan fingerprint density at radius 2 is 1.62 bits per heavy atom. The number of nitrogens with zero attached hydrogens (tertiary/aromatic N) is 3. The molecule has 0 amide bonds. The minimum absolute atomic E-state index is 0.128. The van der Waals surface area contributed by atoms with Crippen molar-refractivity contribution >= 4 is 27.5 Å². The van der Waals surface area contributed by atoms with E-state index in [-0.39, 0.29) is 5.56 Å². The van der Waals surface area contributed by atoms with Crippen LogP contribution < -0.4 is 15.0 Å². The quantitative estimate of drug-likeness (QED) is 0.419. The molecule has 0 radical (unpaired) electrons. The molecule has 2 aromatic carbocycles. The van der Waals surface area contributed by atoms with Crippen LogP contribution in [0, 0.1) is 6.92 Å². The molecule has 4 aromatic rings. The second-order valence-corrected chi connectivity index (χ2v) is 5.48. The van der Waals surface area contributed by atoms with Crippen LogP contribution in [-0.2, 0) is 0 Å². The molecule has 6 nitrogen and oxygen atoms in total. The first-order valence-electron chi connectivity index (χ1n) is 7.48. The molecule has 24 heavy (non-hydrogen) atoms. The SMILES string of the molecule is COc1cc2nc(C)n3c(=O)c4ccccc4nc3c2cc1OC. The predicted octanol–water partition coefficient (Wildman–Crippen LogP) is 2.72. The lowest BCUT2D eigenvalue weighted by molar-refractivity contribution is 0.356. The zero-order chi connectivity index (χ0) is 16.8. The van der Waals surface area contributed by atoms with Gasteiger partial charge in [0.05, 0.1) is 30.6 Å². The molecule has 0 aliphatic carbocycles.